The lowest BCUT2D eigenvalue weighted by molar-refractivity contribution is -0.114. The van der Waals surface area contributed by atoms with Gasteiger partial charge in [-0.25, -0.2) is 15.0 Å². The van der Waals surface area contributed by atoms with Crippen LogP contribution in [0, 0.1) is 6.92 Å². The standard InChI is InChI=1S/C24H27F2N7O2/c1-14-9-22(32-23(29-14)24(3,25)26)31-19-10-21(30-15(2)34)28-12-17(19)18-6-5-16(11-27-18)20-13-35-8-7-33(20)4/h5-6,9-12,20H,7-8,13H2,1-4H3,(H2,28,29,30,31,32,34)/t20-/m0/s1. The van der Waals surface area contributed by atoms with E-state index in [-0.39, 0.29) is 17.8 Å². The summed E-state index contributed by atoms with van der Waals surface area (Å²) in [5.74, 6) is -3.58. The highest BCUT2D eigenvalue weighted by Crippen LogP contribution is 2.32. The highest BCUT2D eigenvalue weighted by molar-refractivity contribution is 5.89. The smallest absolute Gasteiger partial charge is 0.303 e. The largest absolute Gasteiger partial charge is 0.378 e. The van der Waals surface area contributed by atoms with Gasteiger partial charge in [0, 0.05) is 56.2 Å². The molecule has 1 aliphatic heterocycles. The first kappa shape index (κ1) is 24.6. The molecule has 3 aromatic heterocycles. The second-order valence-corrected chi connectivity index (χ2v) is 8.58. The number of carbonyl (C=O) groups excluding carboxylic acids is 1. The molecule has 1 saturated heterocycles. The minimum Gasteiger partial charge on any atom is -0.378 e. The number of morpholine rings is 1. The molecule has 4 heterocycles. The van der Waals surface area contributed by atoms with Crippen molar-refractivity contribution in [3.05, 3.63) is 53.7 Å². The Morgan fingerprint density at radius 3 is 2.63 bits per heavy atom. The van der Waals surface area contributed by atoms with E-state index in [0.29, 0.717) is 41.7 Å². The molecule has 0 saturated carbocycles. The van der Waals surface area contributed by atoms with Crippen molar-refractivity contribution in [1.82, 2.24) is 24.8 Å². The highest BCUT2D eigenvalue weighted by atomic mass is 19.3. The Hall–Kier alpha value is -3.57. The quantitative estimate of drug-likeness (QED) is 0.541. The minimum absolute atomic E-state index is 0.112. The Kier molecular flexibility index (Phi) is 6.99. The van der Waals surface area contributed by atoms with Crippen molar-refractivity contribution in [2.75, 3.05) is 37.4 Å². The van der Waals surface area contributed by atoms with Crippen LogP contribution in [0.5, 0.6) is 0 Å². The van der Waals surface area contributed by atoms with Crippen molar-refractivity contribution in [3.63, 3.8) is 0 Å². The zero-order valence-electron chi connectivity index (χ0n) is 20.0. The molecule has 35 heavy (non-hydrogen) atoms. The number of likely N-dealkylation sites (N-methyl/N-ethyl adjacent to an activating group) is 1. The fourth-order valence-electron chi connectivity index (χ4n) is 3.78. The fraction of sp³-hybridized carbons (Fsp3) is 0.375. The number of aromatic nitrogens is 4. The lowest BCUT2D eigenvalue weighted by Crippen LogP contribution is -2.36. The molecule has 11 heteroatoms. The van der Waals surface area contributed by atoms with Crippen molar-refractivity contribution in [3.8, 4) is 11.3 Å². The Labute approximate surface area is 202 Å². The molecule has 9 nitrogen and oxygen atoms in total. The number of rotatable bonds is 6. The van der Waals surface area contributed by atoms with Gasteiger partial charge >= 0.3 is 5.92 Å². The first-order valence-electron chi connectivity index (χ1n) is 11.1. The van der Waals surface area contributed by atoms with Crippen LogP contribution in [-0.4, -0.2) is 57.5 Å². The number of hydrogen-bond acceptors (Lipinski definition) is 8. The zero-order valence-corrected chi connectivity index (χ0v) is 20.0. The molecule has 0 bridgehead atoms. The van der Waals surface area contributed by atoms with Crippen LogP contribution in [0.3, 0.4) is 0 Å². The molecule has 1 fully saturated rings. The number of aryl methyl sites for hydroxylation is 1. The molecule has 0 aromatic carbocycles. The van der Waals surface area contributed by atoms with Gasteiger partial charge in [0.25, 0.3) is 0 Å². The van der Waals surface area contributed by atoms with Crippen LogP contribution in [0.4, 0.5) is 26.1 Å². The predicted molar refractivity (Wildman–Crippen MR) is 128 cm³/mol. The molecule has 1 amide bonds. The third kappa shape index (κ3) is 5.92. The van der Waals surface area contributed by atoms with E-state index in [4.69, 9.17) is 4.74 Å². The van der Waals surface area contributed by atoms with Gasteiger partial charge in [0.1, 0.15) is 11.6 Å². The number of nitrogens with zero attached hydrogens (tertiary/aromatic N) is 5. The second-order valence-electron chi connectivity index (χ2n) is 8.58. The van der Waals surface area contributed by atoms with Gasteiger partial charge in [-0.3, -0.25) is 14.7 Å². The number of carbonyl (C=O) groups is 1. The molecular formula is C24H27F2N7O2. The van der Waals surface area contributed by atoms with Gasteiger partial charge in [-0.15, -0.1) is 0 Å². The van der Waals surface area contributed by atoms with Gasteiger partial charge in [0.2, 0.25) is 11.7 Å². The Morgan fingerprint density at radius 2 is 1.97 bits per heavy atom. The average Bonchev–Trinajstić information content (AvgIpc) is 2.78. The first-order valence-corrected chi connectivity index (χ1v) is 11.1. The van der Waals surface area contributed by atoms with Crippen LogP contribution in [0.2, 0.25) is 0 Å². The number of anilines is 3. The summed E-state index contributed by atoms with van der Waals surface area (Å²) in [5.41, 5.74) is 3.13. The van der Waals surface area contributed by atoms with Crippen molar-refractivity contribution < 1.29 is 18.3 Å². The first-order chi connectivity index (χ1) is 16.6. The zero-order chi connectivity index (χ0) is 25.2. The number of halogens is 2. The van der Waals surface area contributed by atoms with Gasteiger partial charge in [-0.2, -0.15) is 8.78 Å². The van der Waals surface area contributed by atoms with Crippen LogP contribution in [-0.2, 0) is 15.5 Å². The van der Waals surface area contributed by atoms with E-state index in [0.717, 1.165) is 19.0 Å². The van der Waals surface area contributed by atoms with Gasteiger partial charge in [-0.1, -0.05) is 6.07 Å². The summed E-state index contributed by atoms with van der Waals surface area (Å²) >= 11 is 0. The van der Waals surface area contributed by atoms with E-state index in [1.807, 2.05) is 19.2 Å². The van der Waals surface area contributed by atoms with E-state index < -0.39 is 11.7 Å². The Balaban J connectivity index is 1.70. The van der Waals surface area contributed by atoms with Crippen LogP contribution < -0.4 is 10.6 Å². The van der Waals surface area contributed by atoms with Crippen molar-refractivity contribution >= 4 is 23.2 Å². The number of amides is 1. The Bertz CT molecular complexity index is 1220. The molecule has 184 valence electrons. The number of alkyl halides is 2. The van der Waals surface area contributed by atoms with Crippen LogP contribution in [0.25, 0.3) is 11.3 Å². The summed E-state index contributed by atoms with van der Waals surface area (Å²) in [6, 6.07) is 7.13. The molecular weight excluding hydrogens is 456 g/mol. The molecule has 0 spiro atoms. The summed E-state index contributed by atoms with van der Waals surface area (Å²) in [5, 5.41) is 5.71. The minimum atomic E-state index is -3.20. The van der Waals surface area contributed by atoms with Crippen molar-refractivity contribution in [2.45, 2.75) is 32.7 Å². The SMILES string of the molecule is CC(=O)Nc1cc(Nc2cc(C)nc(C(C)(F)F)n2)c(-c2ccc([C@@H]3COCCN3C)cn2)cn1. The second kappa shape index (κ2) is 9.96. The maximum absolute atomic E-state index is 13.9. The molecule has 3 aromatic rings. The number of nitrogens with one attached hydrogen (secondary N) is 2. The van der Waals surface area contributed by atoms with E-state index in [9.17, 15) is 13.6 Å². The molecule has 1 aliphatic rings. The molecule has 0 unspecified atom stereocenters. The summed E-state index contributed by atoms with van der Waals surface area (Å²) in [6.45, 7) is 5.87. The summed E-state index contributed by atoms with van der Waals surface area (Å²) in [4.78, 5) is 30.5. The van der Waals surface area contributed by atoms with Crippen molar-refractivity contribution in [2.24, 2.45) is 0 Å². The number of pyridine rings is 2. The molecule has 4 rings (SSSR count). The fourth-order valence-corrected chi connectivity index (χ4v) is 3.78. The Morgan fingerprint density at radius 1 is 1.17 bits per heavy atom. The maximum Gasteiger partial charge on any atom is 0.303 e. The monoisotopic (exact) mass is 483 g/mol. The van der Waals surface area contributed by atoms with Crippen LogP contribution in [0.1, 0.15) is 37.0 Å². The lowest BCUT2D eigenvalue weighted by atomic mass is 10.1. The maximum atomic E-state index is 13.9. The third-order valence-corrected chi connectivity index (χ3v) is 5.56. The molecule has 0 radical (unpaired) electrons. The average molecular weight is 484 g/mol. The van der Waals surface area contributed by atoms with E-state index in [2.05, 4.69) is 35.5 Å². The number of ether oxygens (including phenoxy) is 1. The van der Waals surface area contributed by atoms with Gasteiger partial charge < -0.3 is 15.4 Å². The van der Waals surface area contributed by atoms with Crippen LogP contribution >= 0.6 is 0 Å². The third-order valence-electron chi connectivity index (χ3n) is 5.56. The topological polar surface area (TPSA) is 105 Å². The summed E-state index contributed by atoms with van der Waals surface area (Å²) in [7, 11) is 2.05. The van der Waals surface area contributed by atoms with E-state index in [1.54, 1.807) is 31.5 Å². The summed E-state index contributed by atoms with van der Waals surface area (Å²) in [6.07, 6.45) is 3.36. The molecule has 0 aliphatic carbocycles. The van der Waals surface area contributed by atoms with Gasteiger partial charge in [-0.05, 0) is 25.6 Å². The predicted octanol–water partition coefficient (Wildman–Crippen LogP) is 4.06. The highest BCUT2D eigenvalue weighted by Gasteiger charge is 2.29. The van der Waals surface area contributed by atoms with E-state index >= 15 is 0 Å². The van der Waals surface area contributed by atoms with Gasteiger partial charge in [0.15, 0.2) is 0 Å². The van der Waals surface area contributed by atoms with E-state index in [1.165, 1.54) is 6.92 Å². The van der Waals surface area contributed by atoms with Crippen molar-refractivity contribution in [1.29, 1.82) is 0 Å². The number of hydrogen-bond donors (Lipinski definition) is 2. The summed E-state index contributed by atoms with van der Waals surface area (Å²) < 4.78 is 33.4. The normalized spacial score (nSPS) is 16.7. The molecule has 1 atom stereocenters. The van der Waals surface area contributed by atoms with Crippen LogP contribution in [0.15, 0.2) is 36.7 Å². The lowest BCUT2D eigenvalue weighted by Gasteiger charge is -2.32. The van der Waals surface area contributed by atoms with Gasteiger partial charge in [0.05, 0.1) is 30.6 Å². The molecule has 2 N–H and O–H groups in total.